The van der Waals surface area contributed by atoms with Gasteiger partial charge in [-0.05, 0) is 17.7 Å². The largest absolute Gasteiger partial charge is 0.496 e. The Bertz CT molecular complexity index is 323. The lowest BCUT2D eigenvalue weighted by molar-refractivity contribution is 0.171. The number of ether oxygens (including phenoxy) is 2. The minimum atomic E-state index is 0.140. The molecule has 1 aromatic carbocycles. The van der Waals surface area contributed by atoms with Crippen LogP contribution in [0.15, 0.2) is 17.0 Å². The van der Waals surface area contributed by atoms with Gasteiger partial charge in [0.05, 0.1) is 7.11 Å². The van der Waals surface area contributed by atoms with E-state index >= 15 is 0 Å². The monoisotopic (exact) mass is 182 g/mol. The first kappa shape index (κ1) is 7.95. The van der Waals surface area contributed by atoms with Crippen LogP contribution < -0.4 is 4.74 Å². The summed E-state index contributed by atoms with van der Waals surface area (Å²) in [5.41, 5.74) is 2.36. The molecule has 2 nitrogen and oxygen atoms in total. The number of benzene rings is 1. The fraction of sp³-hybridized carbons (Fsp3) is 0.333. The molecule has 0 amide bonds. The fourth-order valence-corrected chi connectivity index (χ4v) is 1.72. The van der Waals surface area contributed by atoms with Gasteiger partial charge in [0.1, 0.15) is 11.9 Å². The SMILES string of the molecule is COc1cc(S)cc2c1[C@H]2OC. The van der Waals surface area contributed by atoms with E-state index in [9.17, 15) is 0 Å². The van der Waals surface area contributed by atoms with Gasteiger partial charge in [-0.2, -0.15) is 0 Å². The van der Waals surface area contributed by atoms with Crippen LogP contribution >= 0.6 is 12.6 Å². The summed E-state index contributed by atoms with van der Waals surface area (Å²) in [5.74, 6) is 0.879. The molecule has 0 heterocycles. The van der Waals surface area contributed by atoms with E-state index in [1.54, 1.807) is 14.2 Å². The van der Waals surface area contributed by atoms with Crippen LogP contribution in [0.4, 0.5) is 0 Å². The smallest absolute Gasteiger partial charge is 0.126 e. The van der Waals surface area contributed by atoms with Crippen molar-refractivity contribution < 1.29 is 9.47 Å². The lowest BCUT2D eigenvalue weighted by atomic mass is 10.3. The van der Waals surface area contributed by atoms with E-state index in [2.05, 4.69) is 12.6 Å². The molecule has 0 spiro atoms. The van der Waals surface area contributed by atoms with Crippen molar-refractivity contribution in [1.82, 2.24) is 0 Å². The third kappa shape index (κ3) is 1.01. The van der Waals surface area contributed by atoms with Gasteiger partial charge in [0.15, 0.2) is 0 Å². The van der Waals surface area contributed by atoms with Crippen LogP contribution in [-0.4, -0.2) is 14.2 Å². The maximum atomic E-state index is 5.22. The van der Waals surface area contributed by atoms with Gasteiger partial charge in [-0.3, -0.25) is 0 Å². The Labute approximate surface area is 76.9 Å². The summed E-state index contributed by atoms with van der Waals surface area (Å²) in [6, 6.07) is 3.91. The van der Waals surface area contributed by atoms with Gasteiger partial charge in [-0.25, -0.2) is 0 Å². The van der Waals surface area contributed by atoms with Gasteiger partial charge in [0.2, 0.25) is 0 Å². The highest BCUT2D eigenvalue weighted by molar-refractivity contribution is 7.80. The van der Waals surface area contributed by atoms with Crippen molar-refractivity contribution in [2.45, 2.75) is 11.0 Å². The summed E-state index contributed by atoms with van der Waals surface area (Å²) in [4.78, 5) is 0.921. The molecule has 12 heavy (non-hydrogen) atoms. The Morgan fingerprint density at radius 3 is 2.67 bits per heavy atom. The van der Waals surface area contributed by atoms with Crippen LogP contribution in [0.3, 0.4) is 0 Å². The second kappa shape index (κ2) is 2.68. The Hall–Kier alpha value is -0.670. The van der Waals surface area contributed by atoms with Crippen LogP contribution in [0.25, 0.3) is 0 Å². The molecule has 0 unspecified atom stereocenters. The highest BCUT2D eigenvalue weighted by Crippen LogP contribution is 2.50. The molecule has 0 N–H and O–H groups in total. The molecule has 0 fully saturated rings. The summed E-state index contributed by atoms with van der Waals surface area (Å²) in [5, 5.41) is 0. The predicted octanol–water partition coefficient (Wildman–Crippen LogP) is 2.03. The summed E-state index contributed by atoms with van der Waals surface area (Å²) in [7, 11) is 3.36. The van der Waals surface area contributed by atoms with Crippen LogP contribution in [0, 0.1) is 0 Å². The van der Waals surface area contributed by atoms with E-state index < -0.39 is 0 Å². The highest BCUT2D eigenvalue weighted by Gasteiger charge is 2.36. The van der Waals surface area contributed by atoms with Crippen LogP contribution in [0.5, 0.6) is 5.75 Å². The lowest BCUT2D eigenvalue weighted by Crippen LogP contribution is -1.83. The molecule has 1 atom stereocenters. The standard InChI is InChI=1S/C9H10O2S/c1-10-7-4-5(12)3-6-8(7)9(6)11-2/h3-4,9,12H,1-2H3/t9-/m0/s1. The topological polar surface area (TPSA) is 18.5 Å². The molecule has 0 aromatic heterocycles. The van der Waals surface area contributed by atoms with Crippen molar-refractivity contribution in [1.29, 1.82) is 0 Å². The molecule has 3 heteroatoms. The quantitative estimate of drug-likeness (QED) is 0.705. The fourth-order valence-electron chi connectivity index (χ4n) is 1.47. The zero-order valence-corrected chi connectivity index (χ0v) is 7.89. The average molecular weight is 182 g/mol. The molecule has 0 radical (unpaired) electrons. The minimum Gasteiger partial charge on any atom is -0.496 e. The Morgan fingerprint density at radius 1 is 1.33 bits per heavy atom. The van der Waals surface area contributed by atoms with Gasteiger partial charge >= 0.3 is 0 Å². The Morgan fingerprint density at radius 2 is 2.08 bits per heavy atom. The van der Waals surface area contributed by atoms with Gasteiger partial charge < -0.3 is 9.47 Å². The van der Waals surface area contributed by atoms with Gasteiger partial charge in [-0.15, -0.1) is 12.6 Å². The van der Waals surface area contributed by atoms with Crippen molar-refractivity contribution in [3.63, 3.8) is 0 Å². The van der Waals surface area contributed by atoms with Crippen LogP contribution in [0.1, 0.15) is 17.2 Å². The maximum absolute atomic E-state index is 5.22. The van der Waals surface area contributed by atoms with E-state index in [1.165, 1.54) is 5.56 Å². The number of methoxy groups -OCH3 is 2. The minimum absolute atomic E-state index is 0.140. The van der Waals surface area contributed by atoms with E-state index in [4.69, 9.17) is 9.47 Å². The molecular formula is C9H10O2S. The van der Waals surface area contributed by atoms with Gasteiger partial charge in [0.25, 0.3) is 0 Å². The summed E-state index contributed by atoms with van der Waals surface area (Å²) in [6.45, 7) is 0. The van der Waals surface area contributed by atoms with E-state index in [1.807, 2.05) is 12.1 Å². The molecule has 1 aliphatic carbocycles. The highest BCUT2D eigenvalue weighted by atomic mass is 32.1. The second-order valence-corrected chi connectivity index (χ2v) is 3.28. The molecule has 0 bridgehead atoms. The van der Waals surface area contributed by atoms with E-state index in [0.29, 0.717) is 0 Å². The van der Waals surface area contributed by atoms with Crippen molar-refractivity contribution in [2.75, 3.05) is 14.2 Å². The molecule has 0 aliphatic heterocycles. The molecule has 0 saturated heterocycles. The summed E-state index contributed by atoms with van der Waals surface area (Å²) >= 11 is 4.26. The third-order valence-electron chi connectivity index (χ3n) is 2.08. The molecule has 2 rings (SSSR count). The second-order valence-electron chi connectivity index (χ2n) is 2.77. The number of rotatable bonds is 2. The Balaban J connectivity index is 2.42. The number of hydrogen-bond donors (Lipinski definition) is 1. The predicted molar refractivity (Wildman–Crippen MR) is 49.1 cm³/mol. The van der Waals surface area contributed by atoms with Crippen molar-refractivity contribution >= 4 is 12.6 Å². The van der Waals surface area contributed by atoms with Crippen molar-refractivity contribution in [2.24, 2.45) is 0 Å². The average Bonchev–Trinajstić information content (AvgIpc) is 2.76. The molecule has 0 saturated carbocycles. The molecular weight excluding hydrogens is 172 g/mol. The van der Waals surface area contributed by atoms with E-state index in [-0.39, 0.29) is 6.10 Å². The van der Waals surface area contributed by atoms with Crippen LogP contribution in [0.2, 0.25) is 0 Å². The summed E-state index contributed by atoms with van der Waals surface area (Å²) in [6.07, 6.45) is 0.140. The molecule has 1 aliphatic rings. The van der Waals surface area contributed by atoms with Gasteiger partial charge in [-0.1, -0.05) is 0 Å². The lowest BCUT2D eigenvalue weighted by Gasteiger charge is -1.97. The number of fused-ring (bicyclic) bond motifs is 1. The third-order valence-corrected chi connectivity index (χ3v) is 2.33. The normalized spacial score (nSPS) is 18.8. The van der Waals surface area contributed by atoms with Crippen molar-refractivity contribution in [3.05, 3.63) is 23.3 Å². The molecule has 1 aromatic rings. The zero-order chi connectivity index (χ0) is 8.72. The zero-order valence-electron chi connectivity index (χ0n) is 7.00. The first-order chi connectivity index (χ1) is 5.77. The Kier molecular flexibility index (Phi) is 1.77. The summed E-state index contributed by atoms with van der Waals surface area (Å²) < 4.78 is 10.4. The number of thiol groups is 1. The van der Waals surface area contributed by atoms with Crippen LogP contribution in [-0.2, 0) is 4.74 Å². The van der Waals surface area contributed by atoms with Crippen molar-refractivity contribution in [3.8, 4) is 5.75 Å². The maximum Gasteiger partial charge on any atom is 0.126 e. The first-order valence-corrected chi connectivity index (χ1v) is 4.16. The number of hydrogen-bond acceptors (Lipinski definition) is 3. The van der Waals surface area contributed by atoms with Gasteiger partial charge in [0, 0.05) is 17.6 Å². The molecule has 64 valence electrons. The van der Waals surface area contributed by atoms with E-state index in [0.717, 1.165) is 16.2 Å². The first-order valence-electron chi connectivity index (χ1n) is 3.71.